The van der Waals surface area contributed by atoms with Crippen LogP contribution in [0.2, 0.25) is 0 Å². The van der Waals surface area contributed by atoms with Crippen LogP contribution in [0.1, 0.15) is 79.0 Å². The Kier molecular flexibility index (Phi) is 13.2. The number of rotatable bonds is 0. The summed E-state index contributed by atoms with van der Waals surface area (Å²) < 4.78 is 0. The quantitative estimate of drug-likeness (QED) is 0.186. The summed E-state index contributed by atoms with van der Waals surface area (Å²) in [6, 6.07) is 16.9. The normalized spacial score (nSPS) is 12.0. The molecule has 0 spiro atoms. The largest absolute Gasteiger partial charge is 0.0623 e. The van der Waals surface area contributed by atoms with Gasteiger partial charge in [0.15, 0.2) is 0 Å². The van der Waals surface area contributed by atoms with Gasteiger partial charge in [-0.05, 0) is 32.9 Å². The van der Waals surface area contributed by atoms with E-state index < -0.39 is 0 Å². The van der Waals surface area contributed by atoms with E-state index in [1.165, 1.54) is 22.0 Å². The zero-order valence-corrected chi connectivity index (χ0v) is 27.2. The van der Waals surface area contributed by atoms with E-state index in [0.717, 1.165) is 0 Å². The van der Waals surface area contributed by atoms with Crippen LogP contribution in [-0.4, -0.2) is 0 Å². The summed E-state index contributed by atoms with van der Waals surface area (Å²) >= 11 is 4.83. The monoisotopic (exact) mass is 803 g/mol. The van der Waals surface area contributed by atoms with Crippen LogP contribution in [0.4, 0.5) is 0 Å². The van der Waals surface area contributed by atoms with Gasteiger partial charge in [-0.15, -0.1) is 0 Å². The second-order valence-electron chi connectivity index (χ2n) is 10.0. The van der Waals surface area contributed by atoms with E-state index in [2.05, 4.69) is 123 Å². The smallest absolute Gasteiger partial charge is 0.0623 e. The van der Waals surface area contributed by atoms with Gasteiger partial charge in [-0.2, -0.15) is 0 Å². The molecular weight excluding hydrogens is 763 g/mol. The predicted octanol–water partition coefficient (Wildman–Crippen LogP) is 8.27. The third-order valence-corrected chi connectivity index (χ3v) is 5.16. The van der Waals surface area contributed by atoms with E-state index >= 15 is 0 Å². The molecule has 4 heteroatoms. The zero-order valence-electron chi connectivity index (χ0n) is 18.9. The number of benzene rings is 2. The van der Waals surface area contributed by atoms with Crippen LogP contribution in [-0.2, 0) is 26.6 Å². The summed E-state index contributed by atoms with van der Waals surface area (Å²) in [5.41, 5.74) is 5.08. The fourth-order valence-corrected chi connectivity index (χ4v) is 4.09. The summed E-state index contributed by atoms with van der Waals surface area (Å²) in [6.45, 7) is 20.8. The summed E-state index contributed by atoms with van der Waals surface area (Å²) in [5.74, 6) is 0. The number of hydrogen-bond acceptors (Lipinski definition) is 0. The fraction of sp³-hybridized carbons (Fsp3) is 0.500. The molecule has 0 N–H and O–H groups in total. The average molecular weight is 802 g/mol. The molecule has 0 radical (unpaired) electrons. The van der Waals surface area contributed by atoms with E-state index in [9.17, 15) is 0 Å². The van der Waals surface area contributed by atoms with Crippen molar-refractivity contribution in [1.29, 1.82) is 0 Å². The first-order chi connectivity index (χ1) is 12.7. The third kappa shape index (κ3) is 10.8. The molecule has 28 heavy (non-hydrogen) atoms. The maximum Gasteiger partial charge on any atom is -0.0623 e. The molecule has 160 valence electrons. The fourth-order valence-electron chi connectivity index (χ4n) is 2.83. The van der Waals surface area contributed by atoms with Crippen LogP contribution < -0.4 is 5.30 Å². The minimum atomic E-state index is 0.205. The Morgan fingerprint density at radius 3 is 1.04 bits per heavy atom. The van der Waals surface area contributed by atoms with Gasteiger partial charge in [0.05, 0.1) is 5.30 Å². The van der Waals surface area contributed by atoms with E-state index in [1.807, 2.05) is 36.4 Å². The second kappa shape index (κ2) is 12.7. The molecule has 0 saturated heterocycles. The predicted molar refractivity (Wildman–Crippen MR) is 148 cm³/mol. The molecule has 0 amide bonds. The Balaban J connectivity index is 0.000000665. The minimum absolute atomic E-state index is 0.205. The van der Waals surface area contributed by atoms with Crippen molar-refractivity contribution in [2.45, 2.75) is 78.6 Å². The number of halogens is 2. The van der Waals surface area contributed by atoms with Gasteiger partial charge in [-0.25, -0.2) is 0 Å². The summed E-state index contributed by atoms with van der Waals surface area (Å²) in [6.07, 6.45) is 0. The zero-order chi connectivity index (χ0) is 22.2. The summed E-state index contributed by atoms with van der Waals surface area (Å²) in [7, 11) is 2.41. The molecule has 0 heterocycles. The molecule has 2 rings (SSSR count). The van der Waals surface area contributed by atoms with Gasteiger partial charge in [0.25, 0.3) is 0 Å². The van der Waals surface area contributed by atoms with Crippen molar-refractivity contribution in [3.8, 4) is 0 Å². The Labute approximate surface area is 206 Å². The van der Waals surface area contributed by atoms with Crippen molar-refractivity contribution >= 4 is 53.9 Å². The molecule has 0 fully saturated rings. The van der Waals surface area contributed by atoms with Gasteiger partial charge >= 0.3 is 49.7 Å². The third-order valence-electron chi connectivity index (χ3n) is 4.40. The van der Waals surface area contributed by atoms with Gasteiger partial charge in [0, 0.05) is 9.24 Å². The molecule has 0 nitrogen and oxygen atoms in total. The van der Waals surface area contributed by atoms with Crippen LogP contribution in [0, 0.1) is 0 Å². The first-order valence-corrected chi connectivity index (χ1v) is 24.6. The molecule has 2 aromatic carbocycles. The molecule has 0 aromatic heterocycles. The van der Waals surface area contributed by atoms with Crippen molar-refractivity contribution in [1.82, 2.24) is 0 Å². The SMILES string of the molecule is CC(C)(C)c1cc(C(C)(C)C)c([PH3+])c(C(C)(C)C)c1.[I][Os][I].c1ccccc1. The van der Waals surface area contributed by atoms with Gasteiger partial charge in [-0.3, -0.25) is 0 Å². The van der Waals surface area contributed by atoms with Gasteiger partial charge in [0.1, 0.15) is 0 Å². The van der Waals surface area contributed by atoms with Crippen molar-refractivity contribution in [3.63, 3.8) is 0 Å². The van der Waals surface area contributed by atoms with Crippen LogP contribution in [0.3, 0.4) is 0 Å². The Morgan fingerprint density at radius 2 is 0.857 bits per heavy atom. The second-order valence-corrected chi connectivity index (χ2v) is 29.3. The van der Waals surface area contributed by atoms with Crippen LogP contribution in [0.15, 0.2) is 48.5 Å². The van der Waals surface area contributed by atoms with E-state index in [-0.39, 0.29) is 16.2 Å². The van der Waals surface area contributed by atoms with E-state index in [0.29, 0.717) is 10.3 Å². The van der Waals surface area contributed by atoms with E-state index in [1.54, 1.807) is 0 Å². The maximum atomic E-state index is 2.43. The Bertz CT molecular complexity index is 632. The standard InChI is InChI=1S/C18H31P.C6H6.2HI.Os/c1-16(2,3)12-10-13(17(4,5)6)15(19)14(11-12)18(7,8)9;1-2-4-6-5-3-1;;;/h10-11H,19H2,1-9H3;1-6H;2*1H;/q;;;;+2/p-1. The average Bonchev–Trinajstić information content (AvgIpc) is 2.54. The van der Waals surface area contributed by atoms with Crippen LogP contribution in [0.5, 0.6) is 0 Å². The minimum Gasteiger partial charge on any atom is -0.0623 e. The Hall–Kier alpha value is 0.966. The molecule has 0 saturated carbocycles. The van der Waals surface area contributed by atoms with E-state index in [4.69, 9.17) is 0 Å². The van der Waals surface area contributed by atoms with Crippen molar-refractivity contribution in [2.24, 2.45) is 0 Å². The van der Waals surface area contributed by atoms with Crippen molar-refractivity contribution in [2.75, 3.05) is 0 Å². The maximum absolute atomic E-state index is 2.43. The van der Waals surface area contributed by atoms with Crippen LogP contribution in [0.25, 0.3) is 0 Å². The first-order valence-electron chi connectivity index (χ1n) is 9.53. The Morgan fingerprint density at radius 1 is 0.607 bits per heavy atom. The van der Waals surface area contributed by atoms with Crippen LogP contribution >= 0.6 is 48.6 Å². The molecule has 0 aliphatic carbocycles. The topological polar surface area (TPSA) is 0 Å². The van der Waals surface area contributed by atoms with Gasteiger partial charge in [0.2, 0.25) is 0 Å². The molecule has 0 aliphatic rings. The molecule has 0 bridgehead atoms. The van der Waals surface area contributed by atoms with Crippen molar-refractivity contribution < 1.29 is 10.3 Å². The molecule has 2 aromatic rings. The van der Waals surface area contributed by atoms with Gasteiger partial charge < -0.3 is 0 Å². The van der Waals surface area contributed by atoms with Gasteiger partial charge in [-0.1, -0.05) is 111 Å². The molecule has 1 atom stereocenters. The molecule has 0 aliphatic heterocycles. The van der Waals surface area contributed by atoms with Crippen molar-refractivity contribution in [3.05, 3.63) is 65.2 Å². The molecule has 1 unspecified atom stereocenters. The number of hydrogen-bond donors (Lipinski definition) is 0. The summed E-state index contributed by atoms with van der Waals surface area (Å²) in [5, 5.41) is 1.49. The first kappa shape index (κ1) is 29.0. The summed E-state index contributed by atoms with van der Waals surface area (Å²) in [4.78, 5) is 0. The molecular formula is C24H38I2OsP+.